The van der Waals surface area contributed by atoms with Crippen molar-refractivity contribution >= 4 is 25.7 Å². The summed E-state index contributed by atoms with van der Waals surface area (Å²) in [7, 11) is 0.185. The highest BCUT2D eigenvalue weighted by Crippen LogP contribution is 2.06. The second-order valence-corrected chi connectivity index (χ2v) is 3.50. The van der Waals surface area contributed by atoms with Crippen molar-refractivity contribution in [2.24, 2.45) is 0 Å². The molecule has 0 saturated carbocycles. The highest BCUT2D eigenvalue weighted by atomic mass is 31.1. The van der Waals surface area contributed by atoms with E-state index in [-0.39, 0.29) is 14.4 Å². The van der Waals surface area contributed by atoms with E-state index in [4.69, 9.17) is 0 Å². The van der Waals surface area contributed by atoms with Crippen LogP contribution in [0.15, 0.2) is 24.3 Å². The first-order valence-electron chi connectivity index (χ1n) is 3.55. The molecule has 0 heterocycles. The summed E-state index contributed by atoms with van der Waals surface area (Å²) in [6.45, 7) is 1.52. The fraction of sp³-hybridized carbons (Fsp3) is 0.111. The van der Waals surface area contributed by atoms with Crippen molar-refractivity contribution in [2.45, 2.75) is 6.92 Å². The minimum Gasteiger partial charge on any atom is -0.298 e. The summed E-state index contributed by atoms with van der Waals surface area (Å²) >= 11 is 0. The van der Waals surface area contributed by atoms with Gasteiger partial charge in [-0.15, -0.1) is 0 Å². The van der Waals surface area contributed by atoms with Crippen molar-refractivity contribution in [3.63, 3.8) is 0 Å². The van der Waals surface area contributed by atoms with E-state index >= 15 is 0 Å². The lowest BCUT2D eigenvalue weighted by molar-refractivity contribution is 0.101. The van der Waals surface area contributed by atoms with Gasteiger partial charge in [0, 0.05) is 5.56 Å². The van der Waals surface area contributed by atoms with Crippen molar-refractivity contribution in [1.29, 1.82) is 0 Å². The monoisotopic (exact) mass is 180 g/mol. The molecule has 0 saturated heterocycles. The average Bonchev–Trinajstić information content (AvgIpc) is 2.06. The van der Waals surface area contributed by atoms with E-state index in [1.54, 1.807) is 12.1 Å². The van der Waals surface area contributed by atoms with Crippen LogP contribution in [0.1, 0.15) is 17.3 Å². The Morgan fingerprint density at radius 3 is 2.33 bits per heavy atom. The molecule has 0 aliphatic heterocycles. The Hall–Kier alpha value is -1.01. The molecule has 0 amide bonds. The molecule has 0 aliphatic rings. The number of rotatable bonds is 3. The molecule has 1 unspecified atom stereocenters. The van der Waals surface area contributed by atoms with Gasteiger partial charge in [0.1, 0.15) is 6.03 Å². The third-order valence-corrected chi connectivity index (χ3v) is 2.30. The van der Waals surface area contributed by atoms with Gasteiger partial charge in [-0.05, 0) is 20.8 Å². The van der Waals surface area contributed by atoms with Crippen LogP contribution in [-0.2, 0) is 4.79 Å². The van der Waals surface area contributed by atoms with Gasteiger partial charge in [0.25, 0.3) is 0 Å². The summed E-state index contributed by atoms with van der Waals surface area (Å²) in [4.78, 5) is 21.0. The molecule has 0 bridgehead atoms. The quantitative estimate of drug-likeness (QED) is 0.400. The van der Waals surface area contributed by atoms with Gasteiger partial charge in [0.2, 0.25) is 0 Å². The average molecular weight is 180 g/mol. The minimum atomic E-state index is 0.0518. The molecule has 2 nitrogen and oxygen atoms in total. The first-order valence-corrected chi connectivity index (χ1v) is 4.63. The largest absolute Gasteiger partial charge is 0.298 e. The van der Waals surface area contributed by atoms with Crippen molar-refractivity contribution in [1.82, 2.24) is 0 Å². The molecule has 12 heavy (non-hydrogen) atoms. The Labute approximate surface area is 72.8 Å². The molecule has 0 fully saturated rings. The second-order valence-electron chi connectivity index (χ2n) is 2.40. The van der Waals surface area contributed by atoms with Crippen LogP contribution in [0.2, 0.25) is 0 Å². The molecule has 0 N–H and O–H groups in total. The number of ketones is 1. The fourth-order valence-electron chi connectivity index (χ4n) is 0.869. The van der Waals surface area contributed by atoms with Crippen molar-refractivity contribution in [3.8, 4) is 0 Å². The number of Topliss-reactive ketones (excluding diaryl/α,β-unsaturated/α-hetero) is 1. The molecule has 0 aliphatic carbocycles. The summed E-state index contributed by atoms with van der Waals surface area (Å²) in [5, 5.41) is 0.968. The highest BCUT2D eigenvalue weighted by molar-refractivity contribution is 7.62. The standard InChI is InChI=1S/C9H9O2P/c1-7(11)8-2-4-9(5-3-8)12-6-10/h2-6,12H,1H3. The van der Waals surface area contributed by atoms with Gasteiger partial charge in [-0.25, -0.2) is 0 Å². The van der Waals surface area contributed by atoms with E-state index in [0.717, 1.165) is 11.3 Å². The van der Waals surface area contributed by atoms with Gasteiger partial charge in [-0.2, -0.15) is 0 Å². The van der Waals surface area contributed by atoms with E-state index in [9.17, 15) is 9.59 Å². The van der Waals surface area contributed by atoms with Crippen LogP contribution in [0.5, 0.6) is 0 Å². The normalized spacial score (nSPS) is 10.4. The predicted octanol–water partition coefficient (Wildman–Crippen LogP) is 1.38. The fourth-order valence-corrected chi connectivity index (χ4v) is 1.36. The molecule has 3 heteroatoms. The smallest absolute Gasteiger partial charge is 0.159 e. The van der Waals surface area contributed by atoms with Gasteiger partial charge in [0.05, 0.1) is 0 Å². The van der Waals surface area contributed by atoms with E-state index < -0.39 is 0 Å². The van der Waals surface area contributed by atoms with Gasteiger partial charge in [0.15, 0.2) is 5.78 Å². The molecule has 1 rings (SSSR count). The van der Waals surface area contributed by atoms with Crippen LogP contribution in [0.25, 0.3) is 0 Å². The molecular weight excluding hydrogens is 171 g/mol. The van der Waals surface area contributed by atoms with E-state index in [1.165, 1.54) is 6.92 Å². The lowest BCUT2D eigenvalue weighted by Gasteiger charge is -1.96. The van der Waals surface area contributed by atoms with Crippen LogP contribution >= 0.6 is 8.58 Å². The zero-order valence-corrected chi connectivity index (χ0v) is 7.70. The number of benzene rings is 1. The highest BCUT2D eigenvalue weighted by Gasteiger charge is 1.97. The van der Waals surface area contributed by atoms with Gasteiger partial charge in [-0.1, -0.05) is 24.3 Å². The molecule has 0 aromatic heterocycles. The molecule has 1 atom stereocenters. The van der Waals surface area contributed by atoms with E-state index in [2.05, 4.69) is 0 Å². The zero-order valence-electron chi connectivity index (χ0n) is 6.70. The summed E-state index contributed by atoms with van der Waals surface area (Å²) in [5.41, 5.74) is 0.689. The Balaban J connectivity index is 2.85. The van der Waals surface area contributed by atoms with Crippen molar-refractivity contribution in [3.05, 3.63) is 29.8 Å². The molecule has 62 valence electrons. The lowest BCUT2D eigenvalue weighted by Crippen LogP contribution is -1.97. The molecule has 1 aromatic carbocycles. The Kier molecular flexibility index (Phi) is 3.12. The first-order chi connectivity index (χ1) is 5.74. The summed E-state index contributed by atoms with van der Waals surface area (Å²) in [5.74, 6) is 0.0518. The predicted molar refractivity (Wildman–Crippen MR) is 51.1 cm³/mol. The third kappa shape index (κ3) is 2.24. The Bertz CT molecular complexity index is 290. The topological polar surface area (TPSA) is 34.1 Å². The summed E-state index contributed by atoms with van der Waals surface area (Å²) < 4.78 is 0. The third-order valence-electron chi connectivity index (χ3n) is 1.52. The number of carbonyl (C=O) groups excluding carboxylic acids is 2. The van der Waals surface area contributed by atoms with E-state index in [0.29, 0.717) is 5.56 Å². The SMILES string of the molecule is CC(=O)c1ccc(PC=O)cc1. The number of hydrogen-bond donors (Lipinski definition) is 0. The van der Waals surface area contributed by atoms with Gasteiger partial charge in [-0.3, -0.25) is 9.59 Å². The van der Waals surface area contributed by atoms with Crippen LogP contribution in [0.3, 0.4) is 0 Å². The minimum absolute atomic E-state index is 0.0518. The van der Waals surface area contributed by atoms with E-state index in [1.807, 2.05) is 12.1 Å². The van der Waals surface area contributed by atoms with Crippen molar-refractivity contribution < 1.29 is 9.59 Å². The maximum atomic E-state index is 10.8. The molecule has 1 aromatic rings. The summed E-state index contributed by atoms with van der Waals surface area (Å²) in [6.07, 6.45) is 0. The van der Waals surface area contributed by atoms with Crippen molar-refractivity contribution in [2.75, 3.05) is 0 Å². The summed E-state index contributed by atoms with van der Waals surface area (Å²) in [6, 6.07) is 7.98. The van der Waals surface area contributed by atoms with Gasteiger partial charge >= 0.3 is 0 Å². The van der Waals surface area contributed by atoms with Gasteiger partial charge < -0.3 is 0 Å². The first kappa shape index (κ1) is 9.08. The van der Waals surface area contributed by atoms with Crippen LogP contribution in [-0.4, -0.2) is 11.8 Å². The maximum absolute atomic E-state index is 10.8. The lowest BCUT2D eigenvalue weighted by atomic mass is 10.2. The molecule has 0 spiro atoms. The Morgan fingerprint density at radius 1 is 1.33 bits per heavy atom. The second kappa shape index (κ2) is 4.13. The molecule has 0 radical (unpaired) electrons. The zero-order chi connectivity index (χ0) is 8.97. The maximum Gasteiger partial charge on any atom is 0.159 e. The number of hydrogen-bond acceptors (Lipinski definition) is 2. The van der Waals surface area contributed by atoms with Crippen LogP contribution in [0, 0.1) is 0 Å². The van der Waals surface area contributed by atoms with Crippen LogP contribution < -0.4 is 5.30 Å². The Morgan fingerprint density at radius 2 is 1.92 bits per heavy atom. The number of carbonyl (C=O) groups is 2. The molecular formula is C9H9O2P. The van der Waals surface area contributed by atoms with Crippen LogP contribution in [0.4, 0.5) is 0 Å².